The molecule has 5 nitrogen and oxygen atoms in total. The van der Waals surface area contributed by atoms with Crippen molar-refractivity contribution in [2.45, 2.75) is 50.7 Å². The summed E-state index contributed by atoms with van der Waals surface area (Å²) in [5.41, 5.74) is 0. The molecule has 2 rings (SSSR count). The Morgan fingerprint density at radius 2 is 1.73 bits per heavy atom. The third kappa shape index (κ3) is 7.14. The lowest BCUT2D eigenvalue weighted by molar-refractivity contribution is 0.0102. The molecular formula is C20H31ClN2O3. The van der Waals surface area contributed by atoms with Crippen LogP contribution >= 0.6 is 11.6 Å². The Kier molecular flexibility index (Phi) is 8.69. The van der Waals surface area contributed by atoms with E-state index in [2.05, 4.69) is 19.0 Å². The van der Waals surface area contributed by atoms with E-state index in [1.165, 1.54) is 6.42 Å². The Balaban J connectivity index is 1.66. The highest BCUT2D eigenvalue weighted by atomic mass is 35.5. The highest BCUT2D eigenvalue weighted by Gasteiger charge is 2.27. The van der Waals surface area contributed by atoms with Crippen molar-refractivity contribution < 1.29 is 14.3 Å². The van der Waals surface area contributed by atoms with Gasteiger partial charge in [0.15, 0.2) is 0 Å². The van der Waals surface area contributed by atoms with Gasteiger partial charge in [-0.1, -0.05) is 11.6 Å². The van der Waals surface area contributed by atoms with Crippen molar-refractivity contribution in [2.24, 2.45) is 0 Å². The second kappa shape index (κ2) is 10.8. The molecule has 1 aromatic carbocycles. The predicted octanol–water partition coefficient (Wildman–Crippen LogP) is 4.44. The van der Waals surface area contributed by atoms with Crippen molar-refractivity contribution in [3.05, 3.63) is 29.3 Å². The second-order valence-electron chi connectivity index (χ2n) is 7.24. The first kappa shape index (κ1) is 21.0. The van der Waals surface area contributed by atoms with E-state index < -0.39 is 0 Å². The molecule has 1 aliphatic rings. The molecule has 0 radical (unpaired) electrons. The van der Waals surface area contributed by atoms with Gasteiger partial charge >= 0.3 is 6.09 Å². The summed E-state index contributed by atoms with van der Waals surface area (Å²) >= 11 is 5.85. The molecule has 26 heavy (non-hydrogen) atoms. The Labute approximate surface area is 162 Å². The summed E-state index contributed by atoms with van der Waals surface area (Å²) in [6.07, 6.45) is 6.18. The molecule has 1 saturated carbocycles. The summed E-state index contributed by atoms with van der Waals surface area (Å²) in [6.45, 7) is 1.94. The van der Waals surface area contributed by atoms with Crippen LogP contribution in [0.2, 0.25) is 5.02 Å². The molecule has 0 unspecified atom stereocenters. The summed E-state index contributed by atoms with van der Waals surface area (Å²) < 4.78 is 11.4. The van der Waals surface area contributed by atoms with E-state index in [-0.39, 0.29) is 12.1 Å². The number of halogens is 1. The molecule has 0 heterocycles. The molecule has 0 aromatic heterocycles. The molecule has 1 aliphatic carbocycles. The van der Waals surface area contributed by atoms with Gasteiger partial charge in [-0.05, 0) is 83.4 Å². The Morgan fingerprint density at radius 1 is 1.08 bits per heavy atom. The minimum absolute atomic E-state index is 0.211. The molecule has 0 atom stereocenters. The molecular weight excluding hydrogens is 352 g/mol. The monoisotopic (exact) mass is 382 g/mol. The number of hydrogen-bond acceptors (Lipinski definition) is 4. The van der Waals surface area contributed by atoms with Crippen molar-refractivity contribution in [3.63, 3.8) is 0 Å². The first-order valence-corrected chi connectivity index (χ1v) is 9.80. The van der Waals surface area contributed by atoms with E-state index in [0.29, 0.717) is 16.9 Å². The van der Waals surface area contributed by atoms with Crippen LogP contribution in [0, 0.1) is 0 Å². The van der Waals surface area contributed by atoms with E-state index in [1.807, 2.05) is 7.05 Å². The molecule has 1 aromatic rings. The van der Waals surface area contributed by atoms with Crippen LogP contribution in [0.25, 0.3) is 0 Å². The van der Waals surface area contributed by atoms with Crippen LogP contribution in [0.5, 0.6) is 5.75 Å². The smallest absolute Gasteiger partial charge is 0.410 e. The Hall–Kier alpha value is -1.30. The van der Waals surface area contributed by atoms with E-state index in [1.54, 1.807) is 29.2 Å². The number of carbonyl (C=O) groups is 1. The molecule has 6 heteroatoms. The fourth-order valence-corrected chi connectivity index (χ4v) is 3.33. The van der Waals surface area contributed by atoms with Gasteiger partial charge in [-0.25, -0.2) is 4.79 Å². The maximum Gasteiger partial charge on any atom is 0.415 e. The largest absolute Gasteiger partial charge is 0.415 e. The van der Waals surface area contributed by atoms with Crippen LogP contribution in [0.1, 0.15) is 38.5 Å². The standard InChI is InChI=1S/C20H31ClN2O3/c1-22(2)14-4-5-15-25-18-12-8-17(9-13-18)23(3)20(24)26-19-10-6-16(21)7-11-19/h6-7,10-11,17-18H,4-5,8-9,12-15H2,1-3H3/t17-,18-. The van der Waals surface area contributed by atoms with Crippen LogP contribution in [-0.2, 0) is 4.74 Å². The fourth-order valence-electron chi connectivity index (χ4n) is 3.20. The van der Waals surface area contributed by atoms with Crippen molar-refractivity contribution in [3.8, 4) is 5.75 Å². The number of ether oxygens (including phenoxy) is 2. The van der Waals surface area contributed by atoms with Crippen LogP contribution in [-0.4, -0.2) is 62.3 Å². The summed E-state index contributed by atoms with van der Waals surface area (Å²) in [6, 6.07) is 7.05. The average molecular weight is 383 g/mol. The zero-order valence-electron chi connectivity index (χ0n) is 16.1. The lowest BCUT2D eigenvalue weighted by atomic mass is 9.92. The number of hydrogen-bond donors (Lipinski definition) is 0. The van der Waals surface area contributed by atoms with Gasteiger partial charge in [0.1, 0.15) is 5.75 Å². The van der Waals surface area contributed by atoms with Gasteiger partial charge in [0, 0.05) is 24.7 Å². The average Bonchev–Trinajstić information content (AvgIpc) is 2.63. The summed E-state index contributed by atoms with van der Waals surface area (Å²) in [7, 11) is 6.00. The normalized spacial score (nSPS) is 20.2. The molecule has 0 spiro atoms. The third-order valence-corrected chi connectivity index (χ3v) is 5.10. The van der Waals surface area contributed by atoms with E-state index in [0.717, 1.165) is 45.3 Å². The van der Waals surface area contributed by atoms with Gasteiger partial charge in [-0.2, -0.15) is 0 Å². The topological polar surface area (TPSA) is 42.0 Å². The number of amides is 1. The zero-order valence-corrected chi connectivity index (χ0v) is 16.9. The van der Waals surface area contributed by atoms with Gasteiger partial charge in [0.05, 0.1) is 6.10 Å². The first-order chi connectivity index (χ1) is 12.5. The molecule has 1 fully saturated rings. The minimum Gasteiger partial charge on any atom is -0.410 e. The quantitative estimate of drug-likeness (QED) is 0.623. The fraction of sp³-hybridized carbons (Fsp3) is 0.650. The van der Waals surface area contributed by atoms with Crippen molar-refractivity contribution in [1.29, 1.82) is 0 Å². The van der Waals surface area contributed by atoms with Crippen LogP contribution < -0.4 is 4.74 Å². The Bertz CT molecular complexity index is 542. The van der Waals surface area contributed by atoms with E-state index in [9.17, 15) is 4.79 Å². The molecule has 0 bridgehead atoms. The van der Waals surface area contributed by atoms with Crippen molar-refractivity contribution in [2.75, 3.05) is 34.3 Å². The summed E-state index contributed by atoms with van der Waals surface area (Å²) in [5, 5.41) is 0.623. The molecule has 1 amide bonds. The molecule has 0 aliphatic heterocycles. The van der Waals surface area contributed by atoms with Crippen molar-refractivity contribution in [1.82, 2.24) is 9.80 Å². The molecule has 146 valence electrons. The maximum atomic E-state index is 12.3. The number of rotatable bonds is 8. The van der Waals surface area contributed by atoms with Gasteiger partial charge in [-0.3, -0.25) is 0 Å². The van der Waals surface area contributed by atoms with Crippen LogP contribution in [0.15, 0.2) is 24.3 Å². The lowest BCUT2D eigenvalue weighted by Crippen LogP contribution is -2.42. The summed E-state index contributed by atoms with van der Waals surface area (Å²) in [4.78, 5) is 16.2. The third-order valence-electron chi connectivity index (χ3n) is 4.85. The zero-order chi connectivity index (χ0) is 18.9. The van der Waals surface area contributed by atoms with Gasteiger partial charge < -0.3 is 19.3 Å². The van der Waals surface area contributed by atoms with Gasteiger partial charge in [0.25, 0.3) is 0 Å². The number of benzene rings is 1. The molecule has 0 N–H and O–H groups in total. The number of carbonyl (C=O) groups excluding carboxylic acids is 1. The van der Waals surface area contributed by atoms with E-state index in [4.69, 9.17) is 21.1 Å². The predicted molar refractivity (Wildman–Crippen MR) is 105 cm³/mol. The number of unbranched alkanes of at least 4 members (excludes halogenated alkanes) is 1. The maximum absolute atomic E-state index is 12.3. The highest BCUT2D eigenvalue weighted by molar-refractivity contribution is 6.30. The number of nitrogens with zero attached hydrogens (tertiary/aromatic N) is 2. The SMILES string of the molecule is CN(C)CCCCO[C@H]1CC[C@H](N(C)C(=O)Oc2ccc(Cl)cc2)CC1. The minimum atomic E-state index is -0.319. The van der Waals surface area contributed by atoms with Gasteiger partial charge in [-0.15, -0.1) is 0 Å². The van der Waals surface area contributed by atoms with Crippen LogP contribution in [0.3, 0.4) is 0 Å². The second-order valence-corrected chi connectivity index (χ2v) is 7.68. The van der Waals surface area contributed by atoms with E-state index >= 15 is 0 Å². The highest BCUT2D eigenvalue weighted by Crippen LogP contribution is 2.25. The van der Waals surface area contributed by atoms with Crippen LogP contribution in [0.4, 0.5) is 4.79 Å². The van der Waals surface area contributed by atoms with Crippen molar-refractivity contribution >= 4 is 17.7 Å². The van der Waals surface area contributed by atoms with Gasteiger partial charge in [0.2, 0.25) is 0 Å². The Morgan fingerprint density at radius 3 is 2.35 bits per heavy atom. The summed E-state index contributed by atoms with van der Waals surface area (Å²) in [5.74, 6) is 0.515. The lowest BCUT2D eigenvalue weighted by Gasteiger charge is -2.34. The first-order valence-electron chi connectivity index (χ1n) is 9.42. The molecule has 0 saturated heterocycles.